The van der Waals surface area contributed by atoms with Gasteiger partial charge in [0.15, 0.2) is 5.69 Å². The summed E-state index contributed by atoms with van der Waals surface area (Å²) in [6.07, 6.45) is -3.44. The van der Waals surface area contributed by atoms with Gasteiger partial charge in [0.25, 0.3) is 11.8 Å². The number of aromatic carboxylic acids is 1. The Bertz CT molecular complexity index is 1770. The van der Waals surface area contributed by atoms with Crippen LogP contribution in [-0.4, -0.2) is 41.0 Å². The van der Waals surface area contributed by atoms with Crippen LogP contribution in [-0.2, 0) is 19.1 Å². The van der Waals surface area contributed by atoms with Gasteiger partial charge in [-0.1, -0.05) is 13.0 Å². The number of fused-ring (bicyclic) bond motifs is 3. The van der Waals surface area contributed by atoms with Gasteiger partial charge in [-0.05, 0) is 65.4 Å². The van der Waals surface area contributed by atoms with E-state index in [2.05, 4.69) is 15.6 Å². The quantitative estimate of drug-likeness (QED) is 0.189. The number of thiophene rings is 1. The fourth-order valence-corrected chi connectivity index (χ4v) is 5.89. The van der Waals surface area contributed by atoms with Gasteiger partial charge in [-0.3, -0.25) is 9.59 Å². The monoisotopic (exact) mass is 624 g/mol. The largest absolute Gasteiger partial charge is 0.493 e. The van der Waals surface area contributed by atoms with E-state index in [-0.39, 0.29) is 40.2 Å². The van der Waals surface area contributed by atoms with Gasteiger partial charge in [-0.15, -0.1) is 11.3 Å². The van der Waals surface area contributed by atoms with Crippen molar-refractivity contribution in [2.45, 2.75) is 32.5 Å². The van der Waals surface area contributed by atoms with Crippen molar-refractivity contribution in [3.05, 3.63) is 87.6 Å². The fraction of sp³-hybridized carbons (Fsp3) is 0.226. The number of alkyl halides is 3. The summed E-state index contributed by atoms with van der Waals surface area (Å²) in [4.78, 5) is 43.7. The first-order valence-corrected chi connectivity index (χ1v) is 14.5. The van der Waals surface area contributed by atoms with Gasteiger partial charge < -0.3 is 26.2 Å². The molecule has 0 radical (unpaired) electrons. The maximum atomic E-state index is 13.8. The summed E-state index contributed by atoms with van der Waals surface area (Å²) in [5.74, 6) is -2.40. The van der Waals surface area contributed by atoms with E-state index in [0.717, 1.165) is 16.5 Å². The second-order valence-electron chi connectivity index (χ2n) is 9.95. The summed E-state index contributed by atoms with van der Waals surface area (Å²) in [6.45, 7) is 2.21. The summed E-state index contributed by atoms with van der Waals surface area (Å²) >= 11 is 1.44. The number of nitrogens with two attached hydrogens (primary N) is 1. The summed E-state index contributed by atoms with van der Waals surface area (Å²) in [5.41, 5.74) is 5.31. The van der Waals surface area contributed by atoms with Crippen molar-refractivity contribution in [2.24, 2.45) is 5.73 Å². The number of anilines is 1. The molecule has 2 amide bonds. The normalized spacial score (nSPS) is 12.4. The van der Waals surface area contributed by atoms with Crippen molar-refractivity contribution < 1.29 is 37.4 Å². The minimum absolute atomic E-state index is 0.0196. The van der Waals surface area contributed by atoms with E-state index in [1.165, 1.54) is 47.7 Å². The van der Waals surface area contributed by atoms with Crippen LogP contribution in [0.4, 0.5) is 18.9 Å². The molecule has 0 aliphatic carbocycles. The first-order valence-electron chi connectivity index (χ1n) is 13.6. The number of hydrogen-bond acceptors (Lipinski definition) is 7. The second kappa shape index (κ2) is 12.5. The molecule has 228 valence electrons. The molecule has 2 aromatic heterocycles. The summed E-state index contributed by atoms with van der Waals surface area (Å²) in [5, 5.41) is 17.1. The Labute approximate surface area is 253 Å². The first kappa shape index (κ1) is 30.7. The van der Waals surface area contributed by atoms with Gasteiger partial charge in [0, 0.05) is 52.3 Å². The second-order valence-corrected chi connectivity index (χ2v) is 10.9. The third-order valence-electron chi connectivity index (χ3n) is 7.03. The lowest BCUT2D eigenvalue weighted by atomic mass is 9.93. The third-order valence-corrected chi connectivity index (χ3v) is 8.02. The molecule has 0 bridgehead atoms. The van der Waals surface area contributed by atoms with Crippen LogP contribution in [0, 0.1) is 0 Å². The highest BCUT2D eigenvalue weighted by Crippen LogP contribution is 2.43. The molecule has 3 heterocycles. The molecule has 0 unspecified atom stereocenters. The van der Waals surface area contributed by atoms with E-state index in [1.54, 1.807) is 0 Å². The Morgan fingerprint density at radius 2 is 1.84 bits per heavy atom. The van der Waals surface area contributed by atoms with Crippen LogP contribution in [0.2, 0.25) is 0 Å². The highest BCUT2D eigenvalue weighted by Gasteiger charge is 2.34. The van der Waals surface area contributed by atoms with Crippen LogP contribution in [0.25, 0.3) is 21.6 Å². The average molecular weight is 625 g/mol. The van der Waals surface area contributed by atoms with E-state index in [0.29, 0.717) is 37.3 Å². The molecular weight excluding hydrogens is 597 g/mol. The molecule has 2 aromatic carbocycles. The predicted octanol–water partition coefficient (Wildman–Crippen LogP) is 5.98. The number of ether oxygens (including phenoxy) is 1. The molecule has 5 rings (SSSR count). The Kier molecular flexibility index (Phi) is 8.70. The molecule has 4 aromatic rings. The number of nitrogens with one attached hydrogen (secondary N) is 2. The van der Waals surface area contributed by atoms with Gasteiger partial charge in [0.05, 0.1) is 12.2 Å². The van der Waals surface area contributed by atoms with Crippen LogP contribution in [0.15, 0.2) is 53.9 Å². The number of hydrogen-bond donors (Lipinski definition) is 4. The maximum Gasteiger partial charge on any atom is 0.416 e. The standard InChI is InChI=1S/C31H27F3N4O5S/c1-2-9-36-29(40)24-6-5-19(26(38-24)30(41)42)20-14-25-22(27-16(7-10-43-25)8-11-44-27)13-21(20)28(39)37-18-4-3-17(15-35)23(12-18)31(32,33)34/h3-6,8,11-14H,2,7,9-10,15,35H2,1H3,(H,36,40)(H,37,39)(H,41,42). The number of carboxylic acid groups (broad SMARTS) is 1. The highest BCUT2D eigenvalue weighted by molar-refractivity contribution is 7.13. The topological polar surface area (TPSA) is 144 Å². The lowest BCUT2D eigenvalue weighted by molar-refractivity contribution is -0.138. The number of pyridine rings is 1. The number of halogens is 3. The molecule has 0 saturated carbocycles. The molecule has 5 N–H and O–H groups in total. The Hall–Kier alpha value is -4.75. The molecule has 44 heavy (non-hydrogen) atoms. The van der Waals surface area contributed by atoms with Gasteiger partial charge in [0.2, 0.25) is 0 Å². The van der Waals surface area contributed by atoms with Crippen LogP contribution < -0.4 is 21.1 Å². The number of carbonyl (C=O) groups excluding carboxylic acids is 2. The number of benzene rings is 2. The number of rotatable bonds is 8. The molecular formula is C31H27F3N4O5S. The zero-order chi connectivity index (χ0) is 31.6. The fourth-order valence-electron chi connectivity index (χ4n) is 4.92. The molecule has 1 aliphatic heterocycles. The summed E-state index contributed by atoms with van der Waals surface area (Å²) in [7, 11) is 0. The minimum atomic E-state index is -4.70. The van der Waals surface area contributed by atoms with Crippen LogP contribution in [0.3, 0.4) is 0 Å². The summed E-state index contributed by atoms with van der Waals surface area (Å²) < 4.78 is 47.1. The van der Waals surface area contributed by atoms with Gasteiger partial charge in [0.1, 0.15) is 11.4 Å². The van der Waals surface area contributed by atoms with E-state index in [1.807, 2.05) is 18.4 Å². The Balaban J connectivity index is 1.66. The zero-order valence-electron chi connectivity index (χ0n) is 23.4. The third kappa shape index (κ3) is 6.15. The van der Waals surface area contributed by atoms with Crippen LogP contribution in [0.5, 0.6) is 5.75 Å². The number of amides is 2. The molecule has 13 heteroatoms. The number of aromatic nitrogens is 1. The first-order chi connectivity index (χ1) is 21.0. The zero-order valence-corrected chi connectivity index (χ0v) is 24.2. The molecule has 1 aliphatic rings. The van der Waals surface area contributed by atoms with Crippen molar-refractivity contribution in [1.29, 1.82) is 0 Å². The van der Waals surface area contributed by atoms with Crippen molar-refractivity contribution >= 4 is 34.8 Å². The lowest BCUT2D eigenvalue weighted by Gasteiger charge is -2.18. The SMILES string of the molecule is CCCNC(=O)c1ccc(-c2cc3c(cc2C(=O)Nc2ccc(CN)c(C(F)(F)F)c2)-c2sccc2CCO3)c(C(=O)O)n1. The smallest absolute Gasteiger partial charge is 0.416 e. The molecule has 0 fully saturated rings. The number of carbonyl (C=O) groups is 3. The van der Waals surface area contributed by atoms with Crippen molar-refractivity contribution in [3.63, 3.8) is 0 Å². The molecule has 0 spiro atoms. The highest BCUT2D eigenvalue weighted by atomic mass is 32.1. The van der Waals surface area contributed by atoms with E-state index >= 15 is 0 Å². The number of carboxylic acids is 1. The molecule has 0 saturated heterocycles. The molecule has 9 nitrogen and oxygen atoms in total. The predicted molar refractivity (Wildman–Crippen MR) is 159 cm³/mol. The van der Waals surface area contributed by atoms with E-state index < -0.39 is 35.2 Å². The van der Waals surface area contributed by atoms with Crippen molar-refractivity contribution in [3.8, 4) is 27.3 Å². The average Bonchev–Trinajstić information content (AvgIpc) is 3.40. The number of nitrogens with zero attached hydrogens (tertiary/aromatic N) is 1. The van der Waals surface area contributed by atoms with Gasteiger partial charge in [-0.25, -0.2) is 9.78 Å². The van der Waals surface area contributed by atoms with Crippen molar-refractivity contribution in [1.82, 2.24) is 10.3 Å². The Morgan fingerprint density at radius 3 is 2.55 bits per heavy atom. The lowest BCUT2D eigenvalue weighted by Crippen LogP contribution is -2.25. The summed E-state index contributed by atoms with van der Waals surface area (Å²) in [6, 6.07) is 11.0. The van der Waals surface area contributed by atoms with Gasteiger partial charge >= 0.3 is 12.1 Å². The molecule has 0 atom stereocenters. The van der Waals surface area contributed by atoms with Crippen LogP contribution >= 0.6 is 11.3 Å². The Morgan fingerprint density at radius 1 is 1.05 bits per heavy atom. The van der Waals surface area contributed by atoms with E-state index in [9.17, 15) is 32.7 Å². The maximum absolute atomic E-state index is 13.8. The van der Waals surface area contributed by atoms with E-state index in [4.69, 9.17) is 10.5 Å². The minimum Gasteiger partial charge on any atom is -0.493 e. The van der Waals surface area contributed by atoms with Crippen molar-refractivity contribution in [2.75, 3.05) is 18.5 Å². The van der Waals surface area contributed by atoms with Gasteiger partial charge in [-0.2, -0.15) is 13.2 Å². The van der Waals surface area contributed by atoms with Crippen LogP contribution in [0.1, 0.15) is 61.4 Å².